The molecular formula is C48H82O4. The van der Waals surface area contributed by atoms with Crippen LogP contribution in [0.15, 0.2) is 11.6 Å². The van der Waals surface area contributed by atoms with Crippen LogP contribution in [0, 0.1) is 50.2 Å². The van der Waals surface area contributed by atoms with Gasteiger partial charge in [-0.25, -0.2) is 0 Å². The topological polar surface area (TPSA) is 63.6 Å². The molecule has 0 unspecified atom stereocenters. The average molecular weight is 723 g/mol. The number of carbonyl (C=O) groups excluding carboxylic acids is 2. The summed E-state index contributed by atoms with van der Waals surface area (Å²) in [6, 6.07) is 0. The molecule has 0 amide bonds. The van der Waals surface area contributed by atoms with Crippen molar-refractivity contribution in [3.63, 3.8) is 0 Å². The largest absolute Gasteiger partial charge is 0.465 e. The Balaban J connectivity index is 1.10. The van der Waals surface area contributed by atoms with Crippen LogP contribution in [0.1, 0.15) is 216 Å². The zero-order chi connectivity index (χ0) is 37.8. The average Bonchev–Trinajstić information content (AvgIpc) is 3.09. The van der Waals surface area contributed by atoms with Crippen molar-refractivity contribution in [1.82, 2.24) is 0 Å². The standard InChI is InChI=1S/C48H82O4/c1-9-10-11-12-13-14-15-16-17-18-19-20-21-22-23-24-33-52-42(51)45(5)30-29-44(4)31-32-47(7)36(37(44)35-45)34-38(49)41-46(6)27-26-40(50)43(2,3)39(46)25-28-48(41,47)8/h34,37,39-41,50H,9-33,35H2,1-8H3/t37-,39-,40-,41+,44+,45+,46-,47+,48+/m0/s1. The number of esters is 1. The number of aliphatic hydroxyl groups is 1. The molecule has 0 aromatic heterocycles. The van der Waals surface area contributed by atoms with E-state index in [-0.39, 0.29) is 51.0 Å². The van der Waals surface area contributed by atoms with Crippen molar-refractivity contribution in [2.75, 3.05) is 6.61 Å². The van der Waals surface area contributed by atoms with Crippen molar-refractivity contribution in [3.05, 3.63) is 11.6 Å². The van der Waals surface area contributed by atoms with Gasteiger partial charge in [-0.15, -0.1) is 0 Å². The normalized spacial score (nSPS) is 39.5. The van der Waals surface area contributed by atoms with Crippen molar-refractivity contribution in [2.24, 2.45) is 50.2 Å². The minimum atomic E-state index is -0.494. The van der Waals surface area contributed by atoms with Gasteiger partial charge in [-0.3, -0.25) is 9.59 Å². The molecule has 298 valence electrons. The van der Waals surface area contributed by atoms with Crippen LogP contribution >= 0.6 is 0 Å². The van der Waals surface area contributed by atoms with Crippen LogP contribution in [0.25, 0.3) is 0 Å². The first-order chi connectivity index (χ1) is 24.6. The van der Waals surface area contributed by atoms with E-state index >= 15 is 0 Å². The van der Waals surface area contributed by atoms with Crippen molar-refractivity contribution in [3.8, 4) is 0 Å². The van der Waals surface area contributed by atoms with Crippen LogP contribution in [-0.4, -0.2) is 29.6 Å². The van der Waals surface area contributed by atoms with E-state index in [1.165, 1.54) is 95.5 Å². The Morgan fingerprint density at radius 2 is 1.25 bits per heavy atom. The summed E-state index contributed by atoms with van der Waals surface area (Å²) in [5, 5.41) is 11.0. The summed E-state index contributed by atoms with van der Waals surface area (Å²) >= 11 is 0. The third-order valence-corrected chi connectivity index (χ3v) is 17.3. The molecule has 52 heavy (non-hydrogen) atoms. The predicted octanol–water partition coefficient (Wildman–Crippen LogP) is 13.1. The van der Waals surface area contributed by atoms with Crippen LogP contribution in [0.2, 0.25) is 0 Å². The number of ether oxygens (including phenoxy) is 1. The Morgan fingerprint density at radius 1 is 0.712 bits per heavy atom. The highest BCUT2D eigenvalue weighted by Crippen LogP contribution is 2.75. The molecule has 4 nitrogen and oxygen atoms in total. The van der Waals surface area contributed by atoms with Crippen molar-refractivity contribution >= 4 is 11.8 Å². The zero-order valence-corrected chi connectivity index (χ0v) is 35.4. The van der Waals surface area contributed by atoms with Gasteiger partial charge < -0.3 is 9.84 Å². The molecule has 0 heterocycles. The fourth-order valence-corrected chi connectivity index (χ4v) is 13.3. The van der Waals surface area contributed by atoms with E-state index in [4.69, 9.17) is 4.74 Å². The third-order valence-electron chi connectivity index (χ3n) is 17.3. The summed E-state index contributed by atoms with van der Waals surface area (Å²) in [5.74, 6) is 0.899. The van der Waals surface area contributed by atoms with Crippen molar-refractivity contribution in [1.29, 1.82) is 0 Å². The van der Waals surface area contributed by atoms with Crippen molar-refractivity contribution < 1.29 is 19.4 Å². The van der Waals surface area contributed by atoms with Crippen molar-refractivity contribution in [2.45, 2.75) is 222 Å². The maximum Gasteiger partial charge on any atom is 0.311 e. The number of unbranched alkanes of at least 4 members (excludes halogenated alkanes) is 15. The molecule has 4 fully saturated rings. The summed E-state index contributed by atoms with van der Waals surface area (Å²) in [4.78, 5) is 28.4. The number of ketones is 1. The second-order valence-corrected chi connectivity index (χ2v) is 21.1. The second kappa shape index (κ2) is 16.9. The first kappa shape index (κ1) is 42.0. The number of hydrogen-bond donors (Lipinski definition) is 1. The van der Waals surface area contributed by atoms with Gasteiger partial charge in [0.05, 0.1) is 18.1 Å². The summed E-state index contributed by atoms with van der Waals surface area (Å²) in [7, 11) is 0. The molecular weight excluding hydrogens is 641 g/mol. The van der Waals surface area contributed by atoms with E-state index in [9.17, 15) is 14.7 Å². The molecule has 4 heteroatoms. The Labute approximate surface area is 320 Å². The Hall–Kier alpha value is -1.16. The molecule has 5 aliphatic rings. The number of carbonyl (C=O) groups is 2. The first-order valence-electron chi connectivity index (χ1n) is 22.7. The summed E-state index contributed by atoms with van der Waals surface area (Å²) in [6.45, 7) is 19.3. The molecule has 9 atom stereocenters. The number of aliphatic hydroxyl groups excluding tert-OH is 1. The molecule has 0 aromatic rings. The van der Waals surface area contributed by atoms with Gasteiger partial charge in [0.2, 0.25) is 0 Å². The molecule has 0 aliphatic heterocycles. The maximum absolute atomic E-state index is 14.6. The Bertz CT molecular complexity index is 1250. The van der Waals surface area contributed by atoms with Crippen LogP contribution in [0.4, 0.5) is 0 Å². The maximum atomic E-state index is 14.6. The molecule has 0 spiro atoms. The minimum Gasteiger partial charge on any atom is -0.465 e. The highest BCUT2D eigenvalue weighted by molar-refractivity contribution is 5.95. The minimum absolute atomic E-state index is 0.00868. The van der Waals surface area contributed by atoms with Crippen LogP contribution in [0.3, 0.4) is 0 Å². The molecule has 0 radical (unpaired) electrons. The molecule has 0 saturated heterocycles. The molecule has 5 rings (SSSR count). The van der Waals surface area contributed by atoms with Crippen LogP contribution in [0.5, 0.6) is 0 Å². The second-order valence-electron chi connectivity index (χ2n) is 21.1. The smallest absolute Gasteiger partial charge is 0.311 e. The molecule has 1 N–H and O–H groups in total. The zero-order valence-electron chi connectivity index (χ0n) is 35.4. The lowest BCUT2D eigenvalue weighted by molar-refractivity contribution is -0.202. The van der Waals surface area contributed by atoms with Gasteiger partial charge in [0.15, 0.2) is 5.78 Å². The van der Waals surface area contributed by atoms with Gasteiger partial charge in [-0.2, -0.15) is 0 Å². The van der Waals surface area contributed by atoms with Crippen LogP contribution < -0.4 is 0 Å². The van der Waals surface area contributed by atoms with E-state index in [1.807, 2.05) is 0 Å². The predicted molar refractivity (Wildman–Crippen MR) is 216 cm³/mol. The third kappa shape index (κ3) is 8.05. The fraction of sp³-hybridized carbons (Fsp3) is 0.917. The lowest BCUT2D eigenvalue weighted by Crippen LogP contribution is -2.66. The van der Waals surface area contributed by atoms with Gasteiger partial charge in [0.25, 0.3) is 0 Å². The summed E-state index contributed by atoms with van der Waals surface area (Å²) in [6.07, 6.45) is 32.1. The van der Waals surface area contributed by atoms with E-state index in [2.05, 4.69) is 61.5 Å². The quantitative estimate of drug-likeness (QED) is 0.113. The van der Waals surface area contributed by atoms with Gasteiger partial charge in [-0.1, -0.05) is 150 Å². The highest BCUT2D eigenvalue weighted by atomic mass is 16.5. The number of hydrogen-bond acceptors (Lipinski definition) is 4. The van der Waals surface area contributed by atoms with E-state index in [0.717, 1.165) is 70.6 Å². The molecule has 5 aliphatic carbocycles. The lowest BCUT2D eigenvalue weighted by atomic mass is 9.33. The van der Waals surface area contributed by atoms with E-state index in [0.29, 0.717) is 18.3 Å². The monoisotopic (exact) mass is 723 g/mol. The van der Waals surface area contributed by atoms with E-state index < -0.39 is 5.41 Å². The summed E-state index contributed by atoms with van der Waals surface area (Å²) in [5.41, 5.74) is 0.546. The first-order valence-corrected chi connectivity index (χ1v) is 22.7. The SMILES string of the molecule is CCCCCCCCCCCCCCCCCCOC(=O)[C@]1(C)CC[C@]2(C)CC[C@]3(C)C(=CC(=O)[C@@H]4[C@@]5(C)CC[C@H](O)C(C)(C)[C@@H]5CC[C@]43C)[C@@H]2C1. The molecule has 4 saturated carbocycles. The fourth-order valence-electron chi connectivity index (χ4n) is 13.3. The van der Waals surface area contributed by atoms with Gasteiger partial charge in [-0.05, 0) is 116 Å². The number of fused-ring (bicyclic) bond motifs is 7. The molecule has 0 bridgehead atoms. The Morgan fingerprint density at radius 3 is 1.83 bits per heavy atom. The lowest BCUT2D eigenvalue weighted by Gasteiger charge is -2.70. The van der Waals surface area contributed by atoms with Gasteiger partial charge in [0, 0.05) is 5.92 Å². The number of rotatable bonds is 18. The van der Waals surface area contributed by atoms with E-state index in [1.54, 1.807) is 0 Å². The van der Waals surface area contributed by atoms with Gasteiger partial charge >= 0.3 is 5.97 Å². The highest BCUT2D eigenvalue weighted by Gasteiger charge is 2.70. The number of allylic oxidation sites excluding steroid dienone is 2. The Kier molecular flexibility index (Phi) is 13.7. The molecule has 0 aromatic carbocycles. The summed E-state index contributed by atoms with van der Waals surface area (Å²) < 4.78 is 6.06. The van der Waals surface area contributed by atoms with Gasteiger partial charge in [0.1, 0.15) is 0 Å². The van der Waals surface area contributed by atoms with Crippen LogP contribution in [-0.2, 0) is 14.3 Å².